The average Bonchev–Trinajstić information content (AvgIpc) is 1.67. The summed E-state index contributed by atoms with van der Waals surface area (Å²) < 4.78 is 0. The molecule has 8 heavy (non-hydrogen) atoms. The van der Waals surface area contributed by atoms with Crippen LogP contribution in [0.4, 0.5) is 0 Å². The smallest absolute Gasteiger partial charge is 0.0108 e. The number of hydroxylamine groups is 1. The summed E-state index contributed by atoms with van der Waals surface area (Å²) in [6, 6.07) is 0. The first-order valence-corrected chi connectivity index (χ1v) is 1.69. The lowest BCUT2D eigenvalue weighted by Gasteiger charge is -2.31. The molecule has 7 nitrogen and oxygen atoms in total. The Kier molecular flexibility index (Phi) is 3.56. The molecular formula is CH7N5O2-2. The van der Waals surface area contributed by atoms with Crippen LogP contribution in [0, 0.1) is 0 Å². The monoisotopic (exact) mass is 121 g/mol. The van der Waals surface area contributed by atoms with Crippen LogP contribution in [0.25, 0.3) is 11.3 Å². The van der Waals surface area contributed by atoms with Crippen molar-refractivity contribution in [1.29, 1.82) is 0 Å². The average molecular weight is 121 g/mol. The maximum absolute atomic E-state index is 8.26. The molecule has 0 aromatic heterocycles. The molecule has 0 unspecified atom stereocenters. The molecule has 0 amide bonds. The number of nitrogens with two attached hydrogens (primary N) is 1. The number of hydrazine groups is 2. The fourth-order valence-electron chi connectivity index (χ4n) is 0.112. The Morgan fingerprint density at radius 2 is 2.38 bits per heavy atom. The Morgan fingerprint density at radius 3 is 2.50 bits per heavy atom. The summed E-state index contributed by atoms with van der Waals surface area (Å²) in [7, 11) is 1.28. The second-order valence-electron chi connectivity index (χ2n) is 0.862. The molecular weight excluding hydrogens is 114 g/mol. The standard InChI is InChI=1S/CH7N5O2/c1-4-8-6(7)5(2)3/h2,7H,3H2,1H3/q-2. The molecule has 0 aliphatic rings. The largest absolute Gasteiger partial charge is 0.576 e. The maximum Gasteiger partial charge on any atom is -0.0108 e. The molecule has 0 aliphatic carbocycles. The van der Waals surface area contributed by atoms with E-state index in [-0.39, 0.29) is 10.6 Å². The quantitative estimate of drug-likeness (QED) is 0.390. The van der Waals surface area contributed by atoms with Gasteiger partial charge in [-0.25, -0.2) is 5.23 Å². The van der Waals surface area contributed by atoms with Crippen molar-refractivity contribution >= 4 is 0 Å². The van der Waals surface area contributed by atoms with Gasteiger partial charge in [0.2, 0.25) is 0 Å². The third-order valence-corrected chi connectivity index (χ3v) is 0.339. The zero-order valence-electron chi connectivity index (χ0n) is 4.27. The van der Waals surface area contributed by atoms with Crippen LogP contribution in [0.5, 0.6) is 0 Å². The van der Waals surface area contributed by atoms with E-state index in [2.05, 4.69) is 16.3 Å². The number of hydrogen-bond acceptors (Lipinski definition) is 5. The Bertz CT molecular complexity index is 56.4. The molecule has 0 aromatic carbocycles. The van der Waals surface area contributed by atoms with E-state index in [1.54, 1.807) is 0 Å². The second-order valence-corrected chi connectivity index (χ2v) is 0.862. The Balaban J connectivity index is 3.17. The van der Waals surface area contributed by atoms with E-state index in [0.717, 1.165) is 0 Å². The third-order valence-electron chi connectivity index (χ3n) is 0.339. The lowest BCUT2D eigenvalue weighted by atomic mass is 11.6. The number of hydrogen-bond donors (Lipinski definition) is 2. The fraction of sp³-hybridized carbons (Fsp3) is 1.00. The first-order valence-electron chi connectivity index (χ1n) is 1.69. The fourth-order valence-corrected chi connectivity index (χ4v) is 0.112. The van der Waals surface area contributed by atoms with E-state index < -0.39 is 0 Å². The summed E-state index contributed by atoms with van der Waals surface area (Å²) in [6.07, 6.45) is 0. The van der Waals surface area contributed by atoms with Gasteiger partial charge in [-0.1, -0.05) is 0 Å². The normalized spacial score (nSPS) is 11.2. The van der Waals surface area contributed by atoms with Gasteiger partial charge in [-0.05, 0) is 5.34 Å². The Labute approximate surface area is 46.2 Å². The SMILES string of the molecule is C[N-]ON(O)N([NH-])N. The number of rotatable bonds is 3. The van der Waals surface area contributed by atoms with Gasteiger partial charge in [0.25, 0.3) is 0 Å². The predicted molar refractivity (Wildman–Crippen MR) is 24.3 cm³/mol. The van der Waals surface area contributed by atoms with Crippen molar-refractivity contribution in [3.05, 3.63) is 11.3 Å². The van der Waals surface area contributed by atoms with Crippen molar-refractivity contribution in [3.63, 3.8) is 0 Å². The highest BCUT2D eigenvalue weighted by Crippen LogP contribution is 1.89. The lowest BCUT2D eigenvalue weighted by molar-refractivity contribution is -0.413. The zero-order chi connectivity index (χ0) is 6.57. The van der Waals surface area contributed by atoms with E-state index in [1.165, 1.54) is 7.05 Å². The van der Waals surface area contributed by atoms with E-state index in [9.17, 15) is 0 Å². The van der Waals surface area contributed by atoms with Gasteiger partial charge in [0.15, 0.2) is 0 Å². The molecule has 0 fully saturated rings. The molecule has 0 radical (unpaired) electrons. The van der Waals surface area contributed by atoms with Crippen molar-refractivity contribution in [3.8, 4) is 0 Å². The van der Waals surface area contributed by atoms with E-state index in [0.29, 0.717) is 0 Å². The van der Waals surface area contributed by atoms with Gasteiger partial charge < -0.3 is 16.3 Å². The molecule has 0 saturated carbocycles. The molecule has 0 spiro atoms. The van der Waals surface area contributed by atoms with Gasteiger partial charge in [-0.2, -0.15) is 0 Å². The highest BCUT2D eigenvalue weighted by Gasteiger charge is 1.87. The van der Waals surface area contributed by atoms with Gasteiger partial charge in [0.05, 0.1) is 0 Å². The predicted octanol–water partition coefficient (Wildman–Crippen LogP) is -0.414. The van der Waals surface area contributed by atoms with Gasteiger partial charge in [0, 0.05) is 0 Å². The minimum Gasteiger partial charge on any atom is -0.576 e. The molecule has 50 valence electrons. The molecule has 0 aliphatic heterocycles. The van der Waals surface area contributed by atoms with Crippen molar-refractivity contribution in [2.45, 2.75) is 0 Å². The Hall–Kier alpha value is -0.280. The van der Waals surface area contributed by atoms with Crippen LogP contribution in [0.2, 0.25) is 0 Å². The van der Waals surface area contributed by atoms with Crippen LogP contribution in [0.1, 0.15) is 0 Å². The lowest BCUT2D eigenvalue weighted by Crippen LogP contribution is -2.38. The van der Waals surface area contributed by atoms with E-state index >= 15 is 0 Å². The summed E-state index contributed by atoms with van der Waals surface area (Å²) in [5, 5.41) is 8.29. The van der Waals surface area contributed by atoms with Crippen LogP contribution in [-0.2, 0) is 4.94 Å². The third kappa shape index (κ3) is 2.82. The molecule has 0 aromatic rings. The summed E-state index contributed by atoms with van der Waals surface area (Å²) in [5.74, 6) is 11.0. The molecule has 0 bridgehead atoms. The minimum atomic E-state index is -0.0417. The first-order chi connectivity index (χ1) is 3.68. The minimum absolute atomic E-state index is 0.0417. The second kappa shape index (κ2) is 3.69. The summed E-state index contributed by atoms with van der Waals surface area (Å²) in [5.41, 5.74) is 2.99. The molecule has 0 saturated heterocycles. The molecule has 0 atom stereocenters. The highest BCUT2D eigenvalue weighted by atomic mass is 17.0. The van der Waals surface area contributed by atoms with Crippen LogP contribution in [0.3, 0.4) is 0 Å². The molecule has 0 heterocycles. The van der Waals surface area contributed by atoms with Crippen LogP contribution >= 0.6 is 0 Å². The maximum atomic E-state index is 8.26. The topological polar surface area (TPSA) is 99.9 Å². The number of nitrogens with zero attached hydrogens (tertiary/aromatic N) is 3. The van der Waals surface area contributed by atoms with Crippen molar-refractivity contribution in [2.75, 3.05) is 7.05 Å². The van der Waals surface area contributed by atoms with Gasteiger partial charge in [-0.15, -0.1) is 7.05 Å². The van der Waals surface area contributed by atoms with Gasteiger partial charge in [0.1, 0.15) is 0 Å². The van der Waals surface area contributed by atoms with Crippen LogP contribution in [0.15, 0.2) is 0 Å². The van der Waals surface area contributed by atoms with Crippen LogP contribution in [-0.4, -0.2) is 22.8 Å². The molecule has 0 rings (SSSR count). The first kappa shape index (κ1) is 7.72. The summed E-state index contributed by atoms with van der Waals surface area (Å²) in [6.45, 7) is 0. The van der Waals surface area contributed by atoms with Gasteiger partial charge in [-0.3, -0.25) is 11.0 Å². The summed E-state index contributed by atoms with van der Waals surface area (Å²) >= 11 is 0. The van der Waals surface area contributed by atoms with Crippen molar-refractivity contribution in [1.82, 2.24) is 10.6 Å². The van der Waals surface area contributed by atoms with Gasteiger partial charge >= 0.3 is 0 Å². The van der Waals surface area contributed by atoms with E-state index in [4.69, 9.17) is 11.0 Å². The summed E-state index contributed by atoms with van der Waals surface area (Å²) in [4.78, 5) is 3.93. The zero-order valence-corrected chi connectivity index (χ0v) is 4.27. The van der Waals surface area contributed by atoms with Crippen molar-refractivity contribution in [2.24, 2.45) is 5.84 Å². The van der Waals surface area contributed by atoms with Crippen LogP contribution < -0.4 is 5.84 Å². The molecule has 4 N–H and O–H groups in total. The Morgan fingerprint density at radius 1 is 1.88 bits per heavy atom. The van der Waals surface area contributed by atoms with Crippen molar-refractivity contribution < 1.29 is 10.1 Å². The highest BCUT2D eigenvalue weighted by molar-refractivity contribution is 4.37. The molecule has 7 heteroatoms. The van der Waals surface area contributed by atoms with E-state index in [1.807, 2.05) is 0 Å². The number of nitrogens with one attached hydrogen (secondary N) is 1.